The average Bonchev–Trinajstić information content (AvgIpc) is 3.39. The van der Waals surface area contributed by atoms with Gasteiger partial charge in [0.25, 0.3) is 0 Å². The molecule has 0 saturated carbocycles. The van der Waals surface area contributed by atoms with Gasteiger partial charge in [0.2, 0.25) is 11.8 Å². The van der Waals surface area contributed by atoms with Crippen molar-refractivity contribution in [3.05, 3.63) is 65.2 Å². The number of fused-ring (bicyclic) bond motifs is 1. The van der Waals surface area contributed by atoms with Crippen molar-refractivity contribution in [1.82, 2.24) is 14.7 Å². The number of likely N-dealkylation sites (tertiary alicyclic amines) is 1. The van der Waals surface area contributed by atoms with Gasteiger partial charge in [-0.2, -0.15) is 0 Å². The Morgan fingerprint density at radius 2 is 1.52 bits per heavy atom. The number of carbonyl (C=O) groups excluding carboxylic acids is 2. The molecule has 33 heavy (non-hydrogen) atoms. The molecule has 3 aliphatic rings. The van der Waals surface area contributed by atoms with Crippen LogP contribution in [0, 0.1) is 6.92 Å². The van der Waals surface area contributed by atoms with Gasteiger partial charge in [-0.1, -0.05) is 42.5 Å². The van der Waals surface area contributed by atoms with Gasteiger partial charge in [0.05, 0.1) is 6.54 Å². The predicted molar refractivity (Wildman–Crippen MR) is 130 cm³/mol. The molecule has 0 spiro atoms. The summed E-state index contributed by atoms with van der Waals surface area (Å²) in [4.78, 5) is 35.3. The number of carbonyl (C=O) groups is 2. The van der Waals surface area contributed by atoms with E-state index in [1.807, 2.05) is 21.9 Å². The molecule has 2 fully saturated rings. The zero-order valence-electron chi connectivity index (χ0n) is 19.6. The van der Waals surface area contributed by atoms with Gasteiger partial charge in [-0.05, 0) is 48.9 Å². The van der Waals surface area contributed by atoms with Crippen LogP contribution in [0.25, 0.3) is 0 Å². The van der Waals surface area contributed by atoms with E-state index in [1.165, 1.54) is 16.8 Å². The Labute approximate surface area is 196 Å². The molecule has 0 bridgehead atoms. The van der Waals surface area contributed by atoms with E-state index in [4.69, 9.17) is 0 Å². The lowest BCUT2D eigenvalue weighted by atomic mass is 9.91. The molecule has 1 atom stereocenters. The first kappa shape index (κ1) is 22.0. The Kier molecular flexibility index (Phi) is 6.36. The van der Waals surface area contributed by atoms with Crippen LogP contribution in [0.5, 0.6) is 0 Å². The SMILES string of the molecule is Cc1ccccc1N1CCN(C(=O)CN2CCc3ccccc3[C@H]2C(=O)N2CCCC2)CC1. The first-order chi connectivity index (χ1) is 16.1. The molecule has 2 saturated heterocycles. The van der Waals surface area contributed by atoms with Gasteiger partial charge < -0.3 is 14.7 Å². The normalized spacial score (nSPS) is 21.2. The summed E-state index contributed by atoms with van der Waals surface area (Å²) >= 11 is 0. The highest BCUT2D eigenvalue weighted by Gasteiger charge is 2.37. The lowest BCUT2D eigenvalue weighted by molar-refractivity contribution is -0.140. The second-order valence-corrected chi connectivity index (χ2v) is 9.51. The Bertz CT molecular complexity index is 1010. The van der Waals surface area contributed by atoms with Crippen LogP contribution in [0.4, 0.5) is 5.69 Å². The Hall–Kier alpha value is -2.86. The predicted octanol–water partition coefficient (Wildman–Crippen LogP) is 2.87. The number of amides is 2. The molecule has 0 aliphatic carbocycles. The van der Waals surface area contributed by atoms with E-state index in [9.17, 15) is 9.59 Å². The summed E-state index contributed by atoms with van der Waals surface area (Å²) in [6.07, 6.45) is 3.03. The van der Waals surface area contributed by atoms with Gasteiger partial charge >= 0.3 is 0 Å². The van der Waals surface area contributed by atoms with Crippen LogP contribution in [-0.4, -0.2) is 78.9 Å². The molecule has 2 aromatic carbocycles. The van der Waals surface area contributed by atoms with Gasteiger partial charge in [0.15, 0.2) is 0 Å². The van der Waals surface area contributed by atoms with Gasteiger partial charge in [-0.25, -0.2) is 0 Å². The van der Waals surface area contributed by atoms with Crippen molar-refractivity contribution in [2.24, 2.45) is 0 Å². The van der Waals surface area contributed by atoms with E-state index < -0.39 is 0 Å². The van der Waals surface area contributed by atoms with Crippen molar-refractivity contribution in [1.29, 1.82) is 0 Å². The number of piperazine rings is 1. The van der Waals surface area contributed by atoms with Crippen molar-refractivity contribution in [2.45, 2.75) is 32.2 Å². The summed E-state index contributed by atoms with van der Waals surface area (Å²) in [6, 6.07) is 16.4. The number of hydrogen-bond acceptors (Lipinski definition) is 4. The maximum absolute atomic E-state index is 13.5. The van der Waals surface area contributed by atoms with Crippen LogP contribution in [0.3, 0.4) is 0 Å². The minimum absolute atomic E-state index is 0.137. The van der Waals surface area contributed by atoms with Crippen molar-refractivity contribution >= 4 is 17.5 Å². The van der Waals surface area contributed by atoms with Crippen LogP contribution in [-0.2, 0) is 16.0 Å². The summed E-state index contributed by atoms with van der Waals surface area (Å²) in [5.74, 6) is 0.301. The summed E-state index contributed by atoms with van der Waals surface area (Å²) in [5.41, 5.74) is 4.85. The number of hydrogen-bond donors (Lipinski definition) is 0. The Balaban J connectivity index is 1.27. The van der Waals surface area contributed by atoms with E-state index in [1.54, 1.807) is 0 Å². The van der Waals surface area contributed by atoms with E-state index in [0.29, 0.717) is 6.54 Å². The van der Waals surface area contributed by atoms with E-state index in [0.717, 1.165) is 70.6 Å². The highest BCUT2D eigenvalue weighted by molar-refractivity contribution is 5.86. The van der Waals surface area contributed by atoms with Gasteiger partial charge in [0.1, 0.15) is 6.04 Å². The smallest absolute Gasteiger partial charge is 0.244 e. The minimum atomic E-state index is -0.342. The molecule has 2 aromatic rings. The standard InChI is InChI=1S/C27H34N4O2/c1-21-8-2-5-11-24(21)28-16-18-29(19-17-28)25(32)20-31-15-12-22-9-3-4-10-23(22)26(31)27(33)30-13-6-7-14-30/h2-5,8-11,26H,6-7,12-20H2,1H3/t26-/m0/s1. The topological polar surface area (TPSA) is 47.1 Å². The molecular formula is C27H34N4O2. The van der Waals surface area contributed by atoms with E-state index in [-0.39, 0.29) is 17.9 Å². The van der Waals surface area contributed by atoms with Crippen LogP contribution >= 0.6 is 0 Å². The number of aryl methyl sites for hydroxylation is 1. The molecule has 3 heterocycles. The number of benzene rings is 2. The first-order valence-corrected chi connectivity index (χ1v) is 12.3. The molecule has 5 rings (SSSR count). The largest absolute Gasteiger partial charge is 0.368 e. The molecule has 0 N–H and O–H groups in total. The van der Waals surface area contributed by atoms with Crippen LogP contribution in [0.15, 0.2) is 48.5 Å². The van der Waals surface area contributed by atoms with Crippen molar-refractivity contribution in [2.75, 3.05) is 57.3 Å². The summed E-state index contributed by atoms with van der Waals surface area (Å²) < 4.78 is 0. The monoisotopic (exact) mass is 446 g/mol. The molecular weight excluding hydrogens is 412 g/mol. The maximum Gasteiger partial charge on any atom is 0.244 e. The Morgan fingerprint density at radius 1 is 0.818 bits per heavy atom. The fraction of sp³-hybridized carbons (Fsp3) is 0.481. The van der Waals surface area contributed by atoms with Crippen LogP contribution in [0.2, 0.25) is 0 Å². The minimum Gasteiger partial charge on any atom is -0.368 e. The van der Waals surface area contributed by atoms with Crippen molar-refractivity contribution in [3.63, 3.8) is 0 Å². The summed E-state index contributed by atoms with van der Waals surface area (Å²) in [7, 11) is 0. The Morgan fingerprint density at radius 3 is 2.27 bits per heavy atom. The number of rotatable bonds is 4. The van der Waals surface area contributed by atoms with E-state index >= 15 is 0 Å². The highest BCUT2D eigenvalue weighted by Crippen LogP contribution is 2.32. The highest BCUT2D eigenvalue weighted by atomic mass is 16.2. The lowest BCUT2D eigenvalue weighted by Gasteiger charge is -2.40. The molecule has 174 valence electrons. The zero-order valence-corrected chi connectivity index (χ0v) is 19.6. The van der Waals surface area contributed by atoms with Crippen molar-refractivity contribution < 1.29 is 9.59 Å². The fourth-order valence-electron chi connectivity index (χ4n) is 5.58. The quantitative estimate of drug-likeness (QED) is 0.725. The molecule has 0 aromatic heterocycles. The zero-order chi connectivity index (χ0) is 22.8. The molecule has 2 amide bonds. The molecule has 0 radical (unpaired) electrons. The fourth-order valence-corrected chi connectivity index (χ4v) is 5.58. The molecule has 3 aliphatic heterocycles. The van der Waals surface area contributed by atoms with Crippen LogP contribution in [0.1, 0.15) is 35.6 Å². The second kappa shape index (κ2) is 9.56. The third-order valence-corrected chi connectivity index (χ3v) is 7.46. The van der Waals surface area contributed by atoms with Gasteiger partial charge in [-0.3, -0.25) is 14.5 Å². The van der Waals surface area contributed by atoms with Gasteiger partial charge in [-0.15, -0.1) is 0 Å². The first-order valence-electron chi connectivity index (χ1n) is 12.3. The van der Waals surface area contributed by atoms with Crippen molar-refractivity contribution in [3.8, 4) is 0 Å². The molecule has 6 nitrogen and oxygen atoms in total. The molecule has 0 unspecified atom stereocenters. The molecule has 6 heteroatoms. The maximum atomic E-state index is 13.5. The number of para-hydroxylation sites is 1. The second-order valence-electron chi connectivity index (χ2n) is 9.51. The number of nitrogens with zero attached hydrogens (tertiary/aromatic N) is 4. The van der Waals surface area contributed by atoms with E-state index in [2.05, 4.69) is 53.1 Å². The lowest BCUT2D eigenvalue weighted by Crippen LogP contribution is -2.53. The number of anilines is 1. The van der Waals surface area contributed by atoms with Crippen LogP contribution < -0.4 is 4.90 Å². The summed E-state index contributed by atoms with van der Waals surface area (Å²) in [6.45, 7) is 7.99. The van der Waals surface area contributed by atoms with Gasteiger partial charge in [0, 0.05) is 51.5 Å². The average molecular weight is 447 g/mol. The summed E-state index contributed by atoms with van der Waals surface area (Å²) in [5, 5.41) is 0. The third kappa shape index (κ3) is 4.49. The third-order valence-electron chi connectivity index (χ3n) is 7.46.